The van der Waals surface area contributed by atoms with Gasteiger partial charge in [0.2, 0.25) is 0 Å². The van der Waals surface area contributed by atoms with Crippen molar-refractivity contribution in [2.24, 2.45) is 4.99 Å². The molecule has 0 atom stereocenters. The normalized spacial score (nSPS) is 13.2. The smallest absolute Gasteiger partial charge is 0.191 e. The first-order valence-corrected chi connectivity index (χ1v) is 8.69. The first kappa shape index (κ1) is 17.6. The van der Waals surface area contributed by atoms with Crippen LogP contribution in [0.25, 0.3) is 0 Å². The maximum absolute atomic E-state index is 12.0. The third-order valence-electron chi connectivity index (χ3n) is 3.15. The van der Waals surface area contributed by atoms with Gasteiger partial charge in [-0.1, -0.05) is 0 Å². The molecule has 0 saturated carbocycles. The van der Waals surface area contributed by atoms with Crippen LogP contribution in [-0.2, 0) is 16.4 Å². The molecule has 6 nitrogen and oxygen atoms in total. The van der Waals surface area contributed by atoms with E-state index in [9.17, 15) is 8.42 Å². The molecule has 1 rings (SSSR count). The molecule has 0 aliphatic carbocycles. The van der Waals surface area contributed by atoms with E-state index >= 15 is 0 Å². The van der Waals surface area contributed by atoms with E-state index in [1.54, 1.807) is 27.8 Å². The molecule has 1 aromatic heterocycles. The van der Waals surface area contributed by atoms with Crippen LogP contribution >= 0.6 is 0 Å². The van der Waals surface area contributed by atoms with E-state index in [1.807, 2.05) is 24.5 Å². The first-order chi connectivity index (χ1) is 9.76. The van der Waals surface area contributed by atoms with Crippen molar-refractivity contribution in [3.63, 3.8) is 0 Å². The van der Waals surface area contributed by atoms with E-state index in [0.717, 1.165) is 13.1 Å². The molecule has 1 aromatic rings. The van der Waals surface area contributed by atoms with E-state index in [1.165, 1.54) is 0 Å². The molecular formula is C14H26N4O2S. The Kier molecular flexibility index (Phi) is 6.26. The van der Waals surface area contributed by atoms with Crippen molar-refractivity contribution in [3.8, 4) is 0 Å². The van der Waals surface area contributed by atoms with Crippen LogP contribution in [0.3, 0.4) is 0 Å². The molecule has 0 fully saturated rings. The minimum Gasteiger partial charge on any atom is -0.355 e. The van der Waals surface area contributed by atoms with Crippen LogP contribution in [0.2, 0.25) is 0 Å². The summed E-state index contributed by atoms with van der Waals surface area (Å²) in [4.78, 5) is 4.08. The van der Waals surface area contributed by atoms with Crippen LogP contribution in [0.15, 0.2) is 29.5 Å². The number of nitrogens with one attached hydrogen (secondary N) is 2. The number of aromatic nitrogens is 1. The number of rotatable bonds is 6. The molecule has 7 heteroatoms. The van der Waals surface area contributed by atoms with Crippen molar-refractivity contribution < 1.29 is 8.42 Å². The van der Waals surface area contributed by atoms with Gasteiger partial charge in [-0.2, -0.15) is 0 Å². The zero-order valence-electron chi connectivity index (χ0n) is 13.3. The highest BCUT2D eigenvalue weighted by Gasteiger charge is 2.28. The average molecular weight is 314 g/mol. The largest absolute Gasteiger partial charge is 0.355 e. The molecule has 0 unspecified atom stereocenters. The number of guanidine groups is 1. The van der Waals surface area contributed by atoms with Crippen LogP contribution < -0.4 is 10.6 Å². The topological polar surface area (TPSA) is 75.5 Å². The third kappa shape index (κ3) is 5.79. The Morgan fingerprint density at radius 1 is 1.14 bits per heavy atom. The van der Waals surface area contributed by atoms with Crippen molar-refractivity contribution in [2.45, 2.75) is 32.1 Å². The van der Waals surface area contributed by atoms with E-state index in [4.69, 9.17) is 0 Å². The Labute approximate surface area is 127 Å². The molecule has 0 saturated heterocycles. The second-order valence-corrected chi connectivity index (χ2v) is 8.64. The van der Waals surface area contributed by atoms with Crippen LogP contribution in [0.1, 0.15) is 20.8 Å². The summed E-state index contributed by atoms with van der Waals surface area (Å²) < 4.78 is 25.3. The molecule has 1 heterocycles. The standard InChI is InChI=1S/C14H26N4O2S/c1-14(2,3)21(19,20)12-8-17-13(15-4)16-7-11-18-9-5-6-10-18/h5-6,9-10H,7-8,11-12H2,1-4H3,(H2,15,16,17). The summed E-state index contributed by atoms with van der Waals surface area (Å²) >= 11 is 0. The van der Waals surface area contributed by atoms with Crippen molar-refractivity contribution in [1.29, 1.82) is 0 Å². The summed E-state index contributed by atoms with van der Waals surface area (Å²) in [7, 11) is -1.44. The lowest BCUT2D eigenvalue weighted by Crippen LogP contribution is -2.42. The fourth-order valence-electron chi connectivity index (χ4n) is 1.65. The molecular weight excluding hydrogens is 288 g/mol. The summed E-state index contributed by atoms with van der Waals surface area (Å²) in [6, 6.07) is 3.95. The van der Waals surface area contributed by atoms with Gasteiger partial charge < -0.3 is 15.2 Å². The zero-order valence-corrected chi connectivity index (χ0v) is 14.1. The molecule has 120 valence electrons. The molecule has 0 radical (unpaired) electrons. The molecule has 0 aliphatic heterocycles. The van der Waals surface area contributed by atoms with Gasteiger partial charge in [-0.05, 0) is 32.9 Å². The highest BCUT2D eigenvalue weighted by Crippen LogP contribution is 2.15. The van der Waals surface area contributed by atoms with Gasteiger partial charge in [0.25, 0.3) is 0 Å². The van der Waals surface area contributed by atoms with Gasteiger partial charge in [0, 0.05) is 39.1 Å². The van der Waals surface area contributed by atoms with Gasteiger partial charge >= 0.3 is 0 Å². The second-order valence-electron chi connectivity index (χ2n) is 5.78. The molecule has 0 amide bonds. The zero-order chi connectivity index (χ0) is 15.9. The molecule has 21 heavy (non-hydrogen) atoms. The fourth-order valence-corrected chi connectivity index (χ4v) is 2.64. The van der Waals surface area contributed by atoms with Crippen molar-refractivity contribution in [3.05, 3.63) is 24.5 Å². The quantitative estimate of drug-likeness (QED) is 0.603. The summed E-state index contributed by atoms with van der Waals surface area (Å²) in [6.07, 6.45) is 3.99. The van der Waals surface area contributed by atoms with Gasteiger partial charge in [0.15, 0.2) is 15.8 Å². The maximum atomic E-state index is 12.0. The summed E-state index contributed by atoms with van der Waals surface area (Å²) in [5.41, 5.74) is 0. The number of sulfone groups is 1. The Balaban J connectivity index is 2.32. The van der Waals surface area contributed by atoms with Gasteiger partial charge in [0.1, 0.15) is 0 Å². The highest BCUT2D eigenvalue weighted by molar-refractivity contribution is 7.92. The molecule has 0 bridgehead atoms. The summed E-state index contributed by atoms with van der Waals surface area (Å²) in [5, 5.41) is 6.18. The fraction of sp³-hybridized carbons (Fsp3) is 0.643. The van der Waals surface area contributed by atoms with Crippen LogP contribution in [-0.4, -0.2) is 49.6 Å². The van der Waals surface area contributed by atoms with E-state index in [0.29, 0.717) is 12.5 Å². The number of nitrogens with zero attached hydrogens (tertiary/aromatic N) is 2. The lowest BCUT2D eigenvalue weighted by molar-refractivity contribution is 0.559. The van der Waals surface area contributed by atoms with Crippen LogP contribution in [0, 0.1) is 0 Å². The first-order valence-electron chi connectivity index (χ1n) is 7.04. The lowest BCUT2D eigenvalue weighted by atomic mass is 10.3. The van der Waals surface area contributed by atoms with Gasteiger partial charge in [0.05, 0.1) is 10.5 Å². The van der Waals surface area contributed by atoms with E-state index < -0.39 is 14.6 Å². The summed E-state index contributed by atoms with van der Waals surface area (Å²) in [5.74, 6) is 0.709. The Hall–Kier alpha value is -1.50. The minimum absolute atomic E-state index is 0.0921. The minimum atomic E-state index is -3.11. The third-order valence-corrected chi connectivity index (χ3v) is 5.76. The monoisotopic (exact) mass is 314 g/mol. The number of hydrogen-bond acceptors (Lipinski definition) is 3. The number of hydrogen-bond donors (Lipinski definition) is 2. The Morgan fingerprint density at radius 2 is 1.71 bits per heavy atom. The number of aliphatic imine (C=N–C) groups is 1. The molecule has 0 aromatic carbocycles. The summed E-state index contributed by atoms with van der Waals surface area (Å²) in [6.45, 7) is 7.04. The maximum Gasteiger partial charge on any atom is 0.191 e. The lowest BCUT2D eigenvalue weighted by Gasteiger charge is -2.19. The Morgan fingerprint density at radius 3 is 2.24 bits per heavy atom. The predicted molar refractivity (Wildman–Crippen MR) is 87.3 cm³/mol. The average Bonchev–Trinajstić information content (AvgIpc) is 2.88. The van der Waals surface area contributed by atoms with Gasteiger partial charge in [-0.15, -0.1) is 0 Å². The molecule has 0 spiro atoms. The Bertz CT molecular complexity index is 542. The SMILES string of the molecule is CN=C(NCCn1cccc1)NCCS(=O)(=O)C(C)(C)C. The molecule has 2 N–H and O–H groups in total. The van der Waals surface area contributed by atoms with Crippen molar-refractivity contribution in [2.75, 3.05) is 25.9 Å². The van der Waals surface area contributed by atoms with Crippen molar-refractivity contribution in [1.82, 2.24) is 15.2 Å². The second kappa shape index (κ2) is 7.49. The van der Waals surface area contributed by atoms with Gasteiger partial charge in [-0.3, -0.25) is 4.99 Å². The van der Waals surface area contributed by atoms with Crippen molar-refractivity contribution >= 4 is 15.8 Å². The molecule has 0 aliphatic rings. The predicted octanol–water partition coefficient (Wildman–Crippen LogP) is 0.866. The van der Waals surface area contributed by atoms with Crippen LogP contribution in [0.4, 0.5) is 0 Å². The van der Waals surface area contributed by atoms with E-state index in [2.05, 4.69) is 20.2 Å². The van der Waals surface area contributed by atoms with E-state index in [-0.39, 0.29) is 5.75 Å². The van der Waals surface area contributed by atoms with Crippen LogP contribution in [0.5, 0.6) is 0 Å². The van der Waals surface area contributed by atoms with Gasteiger partial charge in [-0.25, -0.2) is 8.42 Å². The highest BCUT2D eigenvalue weighted by atomic mass is 32.2.